The number of amides is 1. The fraction of sp³-hybridized carbons (Fsp3) is 0.362. The zero-order valence-corrected chi connectivity index (χ0v) is 44.9. The number of ether oxygens (including phenoxy) is 3. The van der Waals surface area contributed by atoms with Gasteiger partial charge in [0.2, 0.25) is 5.69 Å². The predicted octanol–water partition coefficient (Wildman–Crippen LogP) is 8.59. The number of nitrogens with one attached hydrogen (secondary N) is 1. The first-order valence-electron chi connectivity index (χ1n) is 23.8. The van der Waals surface area contributed by atoms with Crippen LogP contribution in [0.3, 0.4) is 0 Å². The molecule has 9 nitrogen and oxygen atoms in total. The molecule has 5 aromatic rings. The van der Waals surface area contributed by atoms with Crippen LogP contribution in [0.1, 0.15) is 83.3 Å². The lowest BCUT2D eigenvalue weighted by molar-refractivity contribution is -0.433. The normalized spacial score (nSPS) is 19.5. The van der Waals surface area contributed by atoms with Crippen LogP contribution in [-0.4, -0.2) is 74.9 Å². The van der Waals surface area contributed by atoms with E-state index < -0.39 is 5.41 Å². The van der Waals surface area contributed by atoms with Gasteiger partial charge in [0.25, 0.3) is 5.91 Å². The molecule has 0 bridgehead atoms. The van der Waals surface area contributed by atoms with Crippen LogP contribution < -0.4 is 49.4 Å². The average molecular weight is 1060 g/mol. The Balaban J connectivity index is 0.00000703. The minimum atomic E-state index is -0.836. The van der Waals surface area contributed by atoms with Crippen molar-refractivity contribution in [3.8, 4) is 11.5 Å². The Labute approximate surface area is 429 Å². The third-order valence-corrected chi connectivity index (χ3v) is 16.0. The van der Waals surface area contributed by atoms with Gasteiger partial charge in [-0.05, 0) is 165 Å². The van der Waals surface area contributed by atoms with Crippen molar-refractivity contribution < 1.29 is 52.4 Å². The number of hydrogen-bond donors (Lipinski definition) is 2. The highest BCUT2D eigenvalue weighted by Crippen LogP contribution is 2.53. The molecule has 0 saturated carbocycles. The standard InChI is InChI=1S/C58H66N4O5S.HI/c1-12-61-47-28-17-38-34-40(65-9)20-24-43(38)51(47)57(5,6)49(61)30-19-36-16-27-46(56(3,4)55(64)67-11)53(68-42-22-14-37(15-23-42)54(63)60-33-32-59)45(36)26-31-50-58(7,8)52-44-25-21-41(66-10)35-39(44)18-29-48(52)62(50)13-2;/h14-26,28-31,34-35,46,53H,12-13,27,32-33,59H2,1-11H3;1H/b30-19+,45-26+,50-31+;. The van der Waals surface area contributed by atoms with E-state index in [0.29, 0.717) is 25.1 Å². The molecule has 362 valence electrons. The number of likely N-dealkylation sites (N-methyl/N-ethyl adjacent to an activating group) is 1. The van der Waals surface area contributed by atoms with E-state index in [1.54, 1.807) is 26.0 Å². The molecule has 5 aromatic carbocycles. The Bertz CT molecular complexity index is 2960. The first-order valence-corrected chi connectivity index (χ1v) is 24.7. The van der Waals surface area contributed by atoms with Crippen molar-refractivity contribution >= 4 is 62.3 Å². The number of carbonyl (C=O) groups is 2. The molecule has 3 N–H and O–H groups in total. The number of esters is 1. The highest BCUT2D eigenvalue weighted by molar-refractivity contribution is 8.00. The molecule has 1 amide bonds. The Hall–Kier alpha value is -5.37. The summed E-state index contributed by atoms with van der Waals surface area (Å²) in [5, 5.41) is 7.43. The van der Waals surface area contributed by atoms with E-state index in [2.05, 4.69) is 147 Å². The third-order valence-electron chi connectivity index (χ3n) is 14.6. The van der Waals surface area contributed by atoms with E-state index in [1.807, 2.05) is 38.1 Å². The van der Waals surface area contributed by atoms with Crippen molar-refractivity contribution in [2.24, 2.45) is 17.1 Å². The second-order valence-corrected chi connectivity index (χ2v) is 20.8. The molecule has 11 heteroatoms. The molecular formula is C58H67IN4O5S. The predicted molar refractivity (Wildman–Crippen MR) is 280 cm³/mol. The topological polar surface area (TPSA) is 106 Å². The summed E-state index contributed by atoms with van der Waals surface area (Å²) in [6, 6.07) is 29.4. The number of nitrogens with zero attached hydrogens (tertiary/aromatic N) is 2. The number of allylic oxidation sites excluding steroid dienone is 7. The number of carbonyl (C=O) groups excluding carboxylic acids is 2. The zero-order valence-electron chi connectivity index (χ0n) is 42.0. The molecule has 0 fully saturated rings. The van der Waals surface area contributed by atoms with E-state index in [0.717, 1.165) is 51.4 Å². The first kappa shape index (κ1) is 51.5. The van der Waals surface area contributed by atoms with Gasteiger partial charge in [0.1, 0.15) is 18.0 Å². The van der Waals surface area contributed by atoms with Gasteiger partial charge in [-0.2, -0.15) is 4.58 Å². The maximum absolute atomic E-state index is 13.8. The molecule has 2 heterocycles. The molecule has 69 heavy (non-hydrogen) atoms. The fourth-order valence-corrected chi connectivity index (χ4v) is 12.5. The molecule has 2 atom stereocenters. The smallest absolute Gasteiger partial charge is 0.311 e. The summed E-state index contributed by atoms with van der Waals surface area (Å²) in [6.07, 6.45) is 12.2. The highest BCUT2D eigenvalue weighted by atomic mass is 127. The van der Waals surface area contributed by atoms with Crippen LogP contribution in [0.5, 0.6) is 11.5 Å². The van der Waals surface area contributed by atoms with Crippen LogP contribution in [0.25, 0.3) is 21.5 Å². The van der Waals surface area contributed by atoms with Crippen LogP contribution >= 0.6 is 11.8 Å². The molecule has 8 rings (SSSR count). The van der Waals surface area contributed by atoms with E-state index >= 15 is 0 Å². The van der Waals surface area contributed by atoms with Crippen LogP contribution in [0.4, 0.5) is 11.4 Å². The van der Waals surface area contributed by atoms with Crippen LogP contribution in [0.2, 0.25) is 0 Å². The Morgan fingerprint density at radius 2 is 1.48 bits per heavy atom. The summed E-state index contributed by atoms with van der Waals surface area (Å²) < 4.78 is 19.2. The maximum atomic E-state index is 13.8. The fourth-order valence-electron chi connectivity index (χ4n) is 11.0. The zero-order chi connectivity index (χ0) is 48.7. The number of halogens is 1. The van der Waals surface area contributed by atoms with Gasteiger partial charge in [-0.15, -0.1) is 11.8 Å². The van der Waals surface area contributed by atoms with Crippen molar-refractivity contribution in [3.05, 3.63) is 149 Å². The summed E-state index contributed by atoms with van der Waals surface area (Å²) in [7, 11) is 4.90. The van der Waals surface area contributed by atoms with Crippen molar-refractivity contribution in [1.82, 2.24) is 5.32 Å². The van der Waals surface area contributed by atoms with E-state index in [4.69, 9.17) is 19.9 Å². The maximum Gasteiger partial charge on any atom is 0.311 e. The van der Waals surface area contributed by atoms with Crippen LogP contribution in [-0.2, 0) is 20.4 Å². The minimum absolute atomic E-state index is 0. The van der Waals surface area contributed by atoms with Gasteiger partial charge in [0.05, 0.1) is 32.2 Å². The van der Waals surface area contributed by atoms with Crippen LogP contribution in [0.15, 0.2) is 137 Å². The number of hydrogen-bond acceptors (Lipinski definition) is 8. The number of anilines is 1. The molecule has 2 aliphatic heterocycles. The molecule has 1 aliphatic carbocycles. The van der Waals surface area contributed by atoms with Crippen LogP contribution in [0, 0.1) is 11.3 Å². The number of thioether (sulfide) groups is 1. The van der Waals surface area contributed by atoms with Gasteiger partial charge < -0.3 is 54.1 Å². The third kappa shape index (κ3) is 9.27. The van der Waals surface area contributed by atoms with E-state index in [-0.39, 0.29) is 57.9 Å². The molecule has 0 saturated heterocycles. The summed E-state index contributed by atoms with van der Waals surface area (Å²) >= 11 is 1.73. The summed E-state index contributed by atoms with van der Waals surface area (Å²) in [4.78, 5) is 30.2. The van der Waals surface area contributed by atoms with Gasteiger partial charge in [0.15, 0.2) is 5.71 Å². The molecule has 3 aliphatic rings. The van der Waals surface area contributed by atoms with Gasteiger partial charge in [-0.1, -0.05) is 44.2 Å². The van der Waals surface area contributed by atoms with Gasteiger partial charge in [-0.3, -0.25) is 9.59 Å². The van der Waals surface area contributed by atoms with E-state index in [1.165, 1.54) is 51.8 Å². The Morgan fingerprint density at radius 1 is 0.841 bits per heavy atom. The minimum Gasteiger partial charge on any atom is -1.00 e. The first-order chi connectivity index (χ1) is 32.5. The van der Waals surface area contributed by atoms with Crippen molar-refractivity contribution in [1.29, 1.82) is 0 Å². The second kappa shape index (κ2) is 20.5. The average Bonchev–Trinajstić information content (AvgIpc) is 3.71. The van der Waals surface area contributed by atoms with Gasteiger partial charge in [0, 0.05) is 69.8 Å². The van der Waals surface area contributed by atoms with Gasteiger partial charge >= 0.3 is 5.97 Å². The molecule has 0 radical (unpaired) electrons. The monoisotopic (exact) mass is 1060 g/mol. The van der Waals surface area contributed by atoms with Crippen molar-refractivity contribution in [3.63, 3.8) is 0 Å². The lowest BCUT2D eigenvalue weighted by Gasteiger charge is -2.41. The lowest BCUT2D eigenvalue weighted by atomic mass is 9.69. The summed E-state index contributed by atoms with van der Waals surface area (Å²) in [5.74, 6) is 1.13. The largest absolute Gasteiger partial charge is 1.00 e. The number of fused-ring (bicyclic) bond motifs is 6. The molecule has 0 aromatic heterocycles. The highest BCUT2D eigenvalue weighted by Gasteiger charge is 2.48. The number of methoxy groups -OCH3 is 3. The number of benzene rings is 5. The van der Waals surface area contributed by atoms with Gasteiger partial charge in [-0.25, -0.2) is 0 Å². The second-order valence-electron chi connectivity index (χ2n) is 19.5. The van der Waals surface area contributed by atoms with Crippen molar-refractivity contribution in [2.75, 3.05) is 52.4 Å². The molecule has 2 unspecified atom stereocenters. The van der Waals surface area contributed by atoms with Crippen molar-refractivity contribution in [2.45, 2.75) is 82.8 Å². The number of rotatable bonds is 14. The SMILES string of the molecule is CCN1/C(=C/C=C2\C(/C=C/C3=[N+](CC)c4ccc5cc(OC)ccc5c4C3(C)C)=CCC(C(C)(C)C(=O)OC)C2Sc2ccc(C(=O)NCCN)cc2)C(C)(C)c2c1ccc1cc(OC)ccc21.[I-]. The van der Waals surface area contributed by atoms with E-state index in [9.17, 15) is 9.59 Å². The summed E-state index contributed by atoms with van der Waals surface area (Å²) in [6.45, 7) is 20.1. The molecule has 0 spiro atoms. The Kier molecular flexibility index (Phi) is 15.3. The quantitative estimate of drug-likeness (QED) is 0.0648. The summed E-state index contributed by atoms with van der Waals surface area (Å²) in [5.41, 5.74) is 14.4. The Morgan fingerprint density at radius 3 is 2.07 bits per heavy atom. The lowest BCUT2D eigenvalue weighted by Crippen LogP contribution is -3.00. The molecular weight excluding hydrogens is 992 g/mol. The number of nitrogens with two attached hydrogens (primary N) is 1.